The number of carbonyl (C=O) groups is 1. The van der Waals surface area contributed by atoms with Crippen LogP contribution in [0, 0.1) is 0 Å². The van der Waals surface area contributed by atoms with E-state index in [9.17, 15) is 4.79 Å². The van der Waals surface area contributed by atoms with Crippen molar-refractivity contribution in [2.45, 2.75) is 0 Å². The van der Waals surface area contributed by atoms with Crippen LogP contribution in [0.15, 0.2) is 4.99 Å². The Morgan fingerprint density at radius 2 is 2.30 bits per heavy atom. The molecule has 0 aromatic carbocycles. The third-order valence-electron chi connectivity index (χ3n) is 0.810. The Labute approximate surface area is 78.2 Å². The van der Waals surface area contributed by atoms with Gasteiger partial charge in [-0.1, -0.05) is 11.8 Å². The van der Waals surface area contributed by atoms with Crippen molar-refractivity contribution in [1.82, 2.24) is 5.32 Å². The number of alkyl halides is 1. The summed E-state index contributed by atoms with van der Waals surface area (Å²) in [5, 5.41) is 3.55. The maximum atomic E-state index is 10.3. The van der Waals surface area contributed by atoms with Gasteiger partial charge in [-0.15, -0.1) is 0 Å². The van der Waals surface area contributed by atoms with Crippen LogP contribution in [0.2, 0.25) is 0 Å². The van der Waals surface area contributed by atoms with Gasteiger partial charge in [-0.05, 0) is 6.26 Å². The average Bonchev–Trinajstić information content (AvgIpc) is 2.40. The van der Waals surface area contributed by atoms with Crippen LogP contribution in [0.1, 0.15) is 0 Å². The molecule has 1 aliphatic rings. The molecule has 1 rings (SSSR count). The van der Waals surface area contributed by atoms with Gasteiger partial charge in [0, 0.05) is 0 Å². The molecule has 3 nitrogen and oxygen atoms in total. The predicted molar refractivity (Wildman–Crippen MR) is 56.7 cm³/mol. The van der Waals surface area contributed by atoms with Gasteiger partial charge in [-0.2, -0.15) is 4.99 Å². The molecule has 0 unspecified atom stereocenters. The third-order valence-corrected chi connectivity index (χ3v) is 1.43. The number of aliphatic imine (C=N–C) groups is 1. The van der Waals surface area contributed by atoms with E-state index in [0.29, 0.717) is 6.54 Å². The first-order valence-electron chi connectivity index (χ1n) is 2.67. The van der Waals surface area contributed by atoms with Crippen molar-refractivity contribution in [1.29, 1.82) is 0 Å². The Hall–Kier alpha value is 0.220. The summed E-state index contributed by atoms with van der Waals surface area (Å²) in [6.45, 7) is 0.371. The zero-order valence-electron chi connectivity index (χ0n) is 5.92. The van der Waals surface area contributed by atoms with Crippen molar-refractivity contribution in [2.24, 2.45) is 4.99 Å². The summed E-state index contributed by atoms with van der Waals surface area (Å²) in [7, 11) is 0. The van der Waals surface area contributed by atoms with E-state index in [2.05, 4.69) is 15.2 Å². The molecular formula is C5H11IN2OS. The minimum atomic E-state index is -0.0747. The number of halogens is 1. The van der Waals surface area contributed by atoms with E-state index in [0.717, 1.165) is 5.17 Å². The van der Waals surface area contributed by atoms with E-state index in [1.807, 2.05) is 6.26 Å². The molecule has 0 spiro atoms. The van der Waals surface area contributed by atoms with Crippen LogP contribution in [0.5, 0.6) is 0 Å². The number of amides is 1. The van der Waals surface area contributed by atoms with Crippen LogP contribution in [-0.4, -0.2) is 28.8 Å². The number of nitrogens with zero attached hydrogens (tertiary/aromatic N) is 1. The number of nitrogens with one attached hydrogen (secondary N) is 1. The normalized spacial score (nSPS) is 15.2. The van der Waals surface area contributed by atoms with Gasteiger partial charge in [0.15, 0.2) is 5.17 Å². The molecule has 0 aromatic heterocycles. The fourth-order valence-corrected chi connectivity index (χ4v) is 0.871. The van der Waals surface area contributed by atoms with Crippen LogP contribution in [0.3, 0.4) is 0 Å². The molecule has 1 amide bonds. The summed E-state index contributed by atoms with van der Waals surface area (Å²) in [5.41, 5.74) is 0. The molecule has 1 aliphatic heterocycles. The van der Waals surface area contributed by atoms with Gasteiger partial charge in [-0.3, -0.25) is 4.79 Å². The first kappa shape index (κ1) is 10.2. The Bertz CT molecular complexity index is 149. The number of carbonyl (C=O) groups excluding carboxylic acids is 1. The molecule has 1 N–H and O–H groups in total. The molecule has 0 fully saturated rings. The van der Waals surface area contributed by atoms with Crippen molar-refractivity contribution in [3.8, 4) is 0 Å². The number of thioether (sulfide) groups is 1. The molecule has 60 valence electrons. The Morgan fingerprint density at radius 1 is 1.70 bits per heavy atom. The summed E-state index contributed by atoms with van der Waals surface area (Å²) in [4.78, 5) is 16.0. The molecule has 0 saturated heterocycles. The van der Waals surface area contributed by atoms with Crippen molar-refractivity contribution < 1.29 is 4.79 Å². The standard InChI is InChI=1S/C4H6N2OS.CH3I/c1-8-4-5-2-3(7)6-4;1-2/h2H2,1H3,(H,5,6,7);1H3. The fourth-order valence-electron chi connectivity index (χ4n) is 0.461. The van der Waals surface area contributed by atoms with Crippen molar-refractivity contribution in [2.75, 3.05) is 17.7 Å². The zero-order valence-corrected chi connectivity index (χ0v) is 9.29. The summed E-state index contributed by atoms with van der Waals surface area (Å²) < 4.78 is 0. The van der Waals surface area contributed by atoms with Crippen LogP contribution in [-0.2, 0) is 4.79 Å². The second-order valence-electron chi connectivity index (χ2n) is 1.37. The summed E-state index contributed by atoms with van der Waals surface area (Å²) in [5.74, 6) is -0.0747. The minimum absolute atomic E-state index is 0.0747. The summed E-state index contributed by atoms with van der Waals surface area (Å²) >= 11 is 3.20. The molecule has 0 aromatic rings. The first-order valence-corrected chi connectivity index (χ1v) is 6.45. The van der Waals surface area contributed by atoms with Gasteiger partial charge in [0.25, 0.3) is 5.91 Å². The number of rotatable bonds is 0. The molecule has 0 radical (unpaired) electrons. The molecular weight excluding hydrogens is 263 g/mol. The van der Waals surface area contributed by atoms with Crippen molar-refractivity contribution >= 4 is 45.4 Å². The van der Waals surface area contributed by atoms with E-state index >= 15 is 0 Å². The fraction of sp³-hybridized carbons (Fsp3) is 0.600. The zero-order chi connectivity index (χ0) is 7.98. The van der Waals surface area contributed by atoms with E-state index in [4.69, 9.17) is 0 Å². The molecule has 0 aliphatic carbocycles. The maximum absolute atomic E-state index is 10.3. The van der Waals surface area contributed by atoms with Crippen molar-refractivity contribution in [3.63, 3.8) is 0 Å². The Balaban J connectivity index is 0.000000371. The van der Waals surface area contributed by atoms with E-state index < -0.39 is 0 Å². The topological polar surface area (TPSA) is 41.5 Å². The summed E-state index contributed by atoms with van der Waals surface area (Å²) in [6.07, 6.45) is 1.88. The molecule has 5 heteroatoms. The van der Waals surface area contributed by atoms with E-state index in [1.54, 1.807) is 22.6 Å². The second-order valence-corrected chi connectivity index (χ2v) is 2.16. The van der Waals surface area contributed by atoms with Gasteiger partial charge in [0.05, 0.1) is 6.54 Å². The first-order chi connectivity index (χ1) is 4.83. The summed E-state index contributed by atoms with van der Waals surface area (Å²) in [6, 6.07) is 0. The van der Waals surface area contributed by atoms with Gasteiger partial charge in [0.1, 0.15) is 0 Å². The van der Waals surface area contributed by atoms with Crippen LogP contribution in [0.4, 0.5) is 0 Å². The van der Waals surface area contributed by atoms with Gasteiger partial charge >= 0.3 is 27.5 Å². The quantitative estimate of drug-likeness (QED) is 0.512. The van der Waals surface area contributed by atoms with Gasteiger partial charge in [-0.25, -0.2) is 0 Å². The van der Waals surface area contributed by atoms with Crippen LogP contribution >= 0.6 is 34.4 Å². The Morgan fingerprint density at radius 3 is 2.50 bits per heavy atom. The van der Waals surface area contributed by atoms with Crippen LogP contribution in [0.25, 0.3) is 0 Å². The average molecular weight is 274 g/mol. The van der Waals surface area contributed by atoms with Crippen LogP contribution < -0.4 is 5.32 Å². The van der Waals surface area contributed by atoms with Gasteiger partial charge in [0.2, 0.25) is 0 Å². The van der Waals surface area contributed by atoms with Gasteiger partial charge < -0.3 is 5.32 Å². The molecule has 0 bridgehead atoms. The number of amidine groups is 1. The van der Waals surface area contributed by atoms with Crippen molar-refractivity contribution in [3.05, 3.63) is 0 Å². The number of hydrogen-bond donors (Lipinski definition) is 1. The Kier molecular flexibility index (Phi) is 6.10. The number of hydrogen-bond acceptors (Lipinski definition) is 3. The second kappa shape index (κ2) is 5.96. The van der Waals surface area contributed by atoms with E-state index in [-0.39, 0.29) is 5.91 Å². The SMILES string of the molecule is CSC1=NC(=O)CN1.C[IH2]. The molecule has 0 atom stereocenters. The molecule has 1 heterocycles. The predicted octanol–water partition coefficient (Wildman–Crippen LogP) is 0.351. The monoisotopic (exact) mass is 274 g/mol. The molecule has 10 heavy (non-hydrogen) atoms. The third kappa shape index (κ3) is 3.40. The van der Waals surface area contributed by atoms with E-state index in [1.165, 1.54) is 11.8 Å². The molecule has 0 saturated carbocycles.